The molecular weight excluding hydrogens is 204 g/mol. The Hall–Kier alpha value is -1.40. The monoisotopic (exact) mass is 218 g/mol. The molecule has 0 radical (unpaired) electrons. The van der Waals surface area contributed by atoms with Gasteiger partial charge < -0.3 is 5.31 Å². The molecule has 0 spiro atoms. The van der Waals surface area contributed by atoms with E-state index in [1.807, 2.05) is 0 Å². The number of carbonyl (C=O) groups excluding carboxylic acids is 1. The molecule has 0 saturated heterocycles. The van der Waals surface area contributed by atoms with Gasteiger partial charge in [0.15, 0.2) is 1.41 Å². The normalized spacial score (nSPS) is 16.1. The maximum Gasteiger partial charge on any atom is 0.238 e. The van der Waals surface area contributed by atoms with Gasteiger partial charge in [-0.15, -0.1) is 0 Å². The minimum atomic E-state index is -3.87. The quantitative estimate of drug-likeness (QED) is 0.747. The molecule has 1 amide bonds. The van der Waals surface area contributed by atoms with E-state index in [9.17, 15) is 13.2 Å². The number of anilines is 1. The van der Waals surface area contributed by atoms with Crippen molar-refractivity contribution in [1.29, 1.82) is 0 Å². The van der Waals surface area contributed by atoms with Crippen LogP contribution in [0.3, 0.4) is 0 Å². The maximum absolute atomic E-state index is 11.3. The summed E-state index contributed by atoms with van der Waals surface area (Å²) in [4.78, 5) is 11.1. The van der Waals surface area contributed by atoms with Crippen LogP contribution in [0.1, 0.15) is 11.0 Å². The highest BCUT2D eigenvalue weighted by molar-refractivity contribution is 7.89. The van der Waals surface area contributed by atoms with Crippen LogP contribution in [0, 0.1) is 0 Å². The lowest BCUT2D eigenvalue weighted by atomic mass is 10.3. The van der Waals surface area contributed by atoms with E-state index in [1.165, 1.54) is 0 Å². The van der Waals surface area contributed by atoms with Crippen molar-refractivity contribution >= 4 is 21.6 Å². The van der Waals surface area contributed by atoms with Gasteiger partial charge in [0, 0.05) is 16.7 Å². The Morgan fingerprint density at radius 1 is 1.50 bits per heavy atom. The van der Waals surface area contributed by atoms with Gasteiger partial charge in [-0.1, -0.05) is 0 Å². The molecule has 6 heteroatoms. The number of sulfonamides is 1. The standard InChI is InChI=1S/C8H10N2O3S/c1-6(11)10-7-2-4-8(5-3-7)14(9,12)13/h2-5H,1H3,(H,10,11)(H2,9,12,13)/i1D3/hD. The van der Waals surface area contributed by atoms with Crippen molar-refractivity contribution in [2.24, 2.45) is 5.14 Å². The van der Waals surface area contributed by atoms with Crippen molar-refractivity contribution in [2.45, 2.75) is 11.7 Å². The Morgan fingerprint density at radius 3 is 2.50 bits per heavy atom. The van der Waals surface area contributed by atoms with Crippen LogP contribution in [0.15, 0.2) is 29.2 Å². The molecule has 0 unspecified atom stereocenters. The second kappa shape index (κ2) is 3.77. The number of hydrogen-bond acceptors (Lipinski definition) is 3. The second-order valence-corrected chi connectivity index (χ2v) is 4.02. The zero-order chi connectivity index (χ0) is 14.1. The van der Waals surface area contributed by atoms with Gasteiger partial charge in [-0.25, -0.2) is 13.6 Å². The zero-order valence-corrected chi connectivity index (χ0v) is 7.78. The molecule has 1 rings (SSSR count). The topological polar surface area (TPSA) is 89.3 Å². The predicted octanol–water partition coefficient (Wildman–Crippen LogP) is 0.292. The first-order valence-electron chi connectivity index (χ1n) is 5.44. The molecule has 0 aliphatic rings. The Bertz CT molecular complexity index is 553. The summed E-state index contributed by atoms with van der Waals surface area (Å²) < 4.78 is 49.9. The highest BCUT2D eigenvalue weighted by Gasteiger charge is 2.06. The van der Waals surface area contributed by atoms with E-state index in [2.05, 4.69) is 0 Å². The van der Waals surface area contributed by atoms with Crippen molar-refractivity contribution in [3.63, 3.8) is 0 Å². The summed E-state index contributed by atoms with van der Waals surface area (Å²) in [6, 6.07) is 4.41. The lowest BCUT2D eigenvalue weighted by molar-refractivity contribution is -0.114. The van der Waals surface area contributed by atoms with Crippen LogP contribution in [0.2, 0.25) is 1.41 Å². The van der Waals surface area contributed by atoms with Crippen LogP contribution in [-0.2, 0) is 14.8 Å². The summed E-state index contributed by atoms with van der Waals surface area (Å²) >= 11 is 0. The summed E-state index contributed by atoms with van der Waals surface area (Å²) in [5, 5.41) is 5.05. The van der Waals surface area contributed by atoms with Crippen molar-refractivity contribution < 1.29 is 18.7 Å². The van der Waals surface area contributed by atoms with Crippen molar-refractivity contribution in [3.05, 3.63) is 24.3 Å². The third kappa shape index (κ3) is 2.82. The Morgan fingerprint density at radius 2 is 2.07 bits per heavy atom. The fourth-order valence-electron chi connectivity index (χ4n) is 0.828. The predicted molar refractivity (Wildman–Crippen MR) is 52.1 cm³/mol. The van der Waals surface area contributed by atoms with Gasteiger partial charge in [-0.3, -0.25) is 4.79 Å². The molecule has 0 saturated carbocycles. The molecule has 0 aliphatic carbocycles. The molecule has 1 aromatic carbocycles. The Labute approximate surface area is 87.7 Å². The summed E-state index contributed by atoms with van der Waals surface area (Å²) in [7, 11) is -3.87. The minimum Gasteiger partial charge on any atom is -0.326 e. The van der Waals surface area contributed by atoms with E-state index in [4.69, 9.17) is 10.7 Å². The molecule has 0 bridgehead atoms. The fraction of sp³-hybridized carbons (Fsp3) is 0.125. The molecule has 0 aromatic heterocycles. The van der Waals surface area contributed by atoms with Crippen LogP contribution >= 0.6 is 0 Å². The van der Waals surface area contributed by atoms with E-state index in [0.717, 1.165) is 24.3 Å². The first kappa shape index (κ1) is 6.15. The summed E-state index contributed by atoms with van der Waals surface area (Å²) in [5.41, 5.74) is -0.0662. The van der Waals surface area contributed by atoms with Gasteiger partial charge in [-0.2, -0.15) is 0 Å². The van der Waals surface area contributed by atoms with Gasteiger partial charge in [0.2, 0.25) is 15.9 Å². The van der Waals surface area contributed by atoms with E-state index in [0.29, 0.717) is 0 Å². The fourth-order valence-corrected chi connectivity index (χ4v) is 1.34. The van der Waals surface area contributed by atoms with E-state index in [1.54, 1.807) is 0 Å². The lowest BCUT2D eigenvalue weighted by Gasteiger charge is -2.02. The highest BCUT2D eigenvalue weighted by Crippen LogP contribution is 2.12. The van der Waals surface area contributed by atoms with Crippen LogP contribution in [-0.4, -0.2) is 14.3 Å². The number of benzene rings is 1. The van der Waals surface area contributed by atoms with Crippen LogP contribution in [0.4, 0.5) is 5.69 Å². The lowest BCUT2D eigenvalue weighted by Crippen LogP contribution is -2.12. The van der Waals surface area contributed by atoms with E-state index in [-0.39, 0.29) is 15.9 Å². The number of rotatable bonds is 2. The van der Waals surface area contributed by atoms with Crippen LogP contribution in [0.5, 0.6) is 0 Å². The van der Waals surface area contributed by atoms with Gasteiger partial charge in [0.05, 0.1) is 4.90 Å². The van der Waals surface area contributed by atoms with E-state index >= 15 is 0 Å². The molecule has 5 nitrogen and oxygen atoms in total. The Balaban J connectivity index is 3.03. The van der Waals surface area contributed by atoms with Crippen molar-refractivity contribution in [2.75, 3.05) is 5.31 Å². The molecule has 14 heavy (non-hydrogen) atoms. The first-order chi connectivity index (χ1) is 8.03. The van der Waals surface area contributed by atoms with Crippen LogP contribution < -0.4 is 10.4 Å². The van der Waals surface area contributed by atoms with Gasteiger partial charge >= 0.3 is 0 Å². The van der Waals surface area contributed by atoms with E-state index < -0.39 is 22.8 Å². The first-order valence-corrected chi connectivity index (χ1v) is 5.04. The zero-order valence-electron chi connectivity index (χ0n) is 11.0. The molecule has 0 atom stereocenters. The minimum absolute atomic E-state index is 0.0662. The highest BCUT2D eigenvalue weighted by atomic mass is 32.2. The number of carbonyl (C=O) groups is 1. The third-order valence-electron chi connectivity index (χ3n) is 1.40. The number of nitrogens with one attached hydrogen (secondary N) is 1. The summed E-state index contributed by atoms with van der Waals surface area (Å²) in [6.45, 7) is -2.93. The number of amides is 1. The largest absolute Gasteiger partial charge is 0.326 e. The SMILES string of the molecule is [2H]N(C(=O)C([2H])([2H])[2H])c1ccc(S(N)(=O)=O)cc1. The molecular formula is C8H10N2O3S. The molecule has 1 aromatic rings. The van der Waals surface area contributed by atoms with Gasteiger partial charge in [0.25, 0.3) is 0 Å². The molecule has 0 heterocycles. The number of hydrogen-bond donors (Lipinski definition) is 2. The van der Waals surface area contributed by atoms with Crippen LogP contribution in [0.25, 0.3) is 0 Å². The Kier molecular flexibility index (Phi) is 1.66. The smallest absolute Gasteiger partial charge is 0.238 e. The number of nitrogens with two attached hydrogens (primary N) is 1. The van der Waals surface area contributed by atoms with Gasteiger partial charge in [-0.05, 0) is 24.3 Å². The van der Waals surface area contributed by atoms with Gasteiger partial charge in [0.1, 0.15) is 0 Å². The second-order valence-electron chi connectivity index (χ2n) is 2.46. The van der Waals surface area contributed by atoms with Crippen molar-refractivity contribution in [3.8, 4) is 0 Å². The average molecular weight is 218 g/mol. The summed E-state index contributed by atoms with van der Waals surface area (Å²) in [5.74, 6) is -1.38. The molecule has 0 fully saturated rings. The average Bonchev–Trinajstić information content (AvgIpc) is 2.25. The molecule has 3 N–H and O–H groups in total. The summed E-state index contributed by atoms with van der Waals surface area (Å²) in [6.07, 6.45) is 0. The van der Waals surface area contributed by atoms with Crippen molar-refractivity contribution in [1.82, 2.24) is 0 Å². The number of primary sulfonamides is 1. The maximum atomic E-state index is 11.3. The molecule has 0 aliphatic heterocycles. The molecule has 76 valence electrons. The third-order valence-corrected chi connectivity index (χ3v) is 2.33.